The second kappa shape index (κ2) is 13.9. The van der Waals surface area contributed by atoms with E-state index < -0.39 is 22.5 Å². The minimum atomic E-state index is -4.20. The molecule has 0 unspecified atom stereocenters. The van der Waals surface area contributed by atoms with Crippen LogP contribution in [0.1, 0.15) is 22.8 Å². The summed E-state index contributed by atoms with van der Waals surface area (Å²) < 4.78 is 38.9. The number of rotatable bonds is 11. The van der Waals surface area contributed by atoms with E-state index in [1.54, 1.807) is 85.8 Å². The standard InChI is InChI=1S/C31H29ClN4O6S/c1-21(22-9-8-12-25(18-22)33-31(38)23-10-7-11-24(32)17-23)34-35-30(37)20-36(26-13-5-4-6-14-26)43(39,40)27-15-16-28(41-2)29(19-27)42-3/h4-19H,20H2,1-3H3,(H,33,38)(H,35,37)/b34-21-. The van der Waals surface area contributed by atoms with Gasteiger partial charge in [0.1, 0.15) is 6.54 Å². The third kappa shape index (κ3) is 7.70. The van der Waals surface area contributed by atoms with Crippen molar-refractivity contribution in [2.24, 2.45) is 5.10 Å². The number of nitrogens with zero attached hydrogens (tertiary/aromatic N) is 2. The van der Waals surface area contributed by atoms with Gasteiger partial charge >= 0.3 is 0 Å². The zero-order valence-electron chi connectivity index (χ0n) is 23.6. The molecule has 0 saturated heterocycles. The number of para-hydroxylation sites is 1. The molecule has 2 amide bonds. The van der Waals surface area contributed by atoms with Crippen LogP contribution in [0.4, 0.5) is 11.4 Å². The number of amides is 2. The third-order valence-electron chi connectivity index (χ3n) is 6.25. The van der Waals surface area contributed by atoms with Gasteiger partial charge in [0.15, 0.2) is 11.5 Å². The molecule has 0 radical (unpaired) electrons. The molecule has 0 aliphatic rings. The molecule has 43 heavy (non-hydrogen) atoms. The first kappa shape index (κ1) is 31.1. The fourth-order valence-corrected chi connectivity index (χ4v) is 5.67. The SMILES string of the molecule is COc1ccc(S(=O)(=O)N(CC(=O)N/N=C(/C)c2cccc(NC(=O)c3cccc(Cl)c3)c2)c2ccccc2)cc1OC. The second-order valence-corrected chi connectivity index (χ2v) is 11.4. The van der Waals surface area contributed by atoms with Gasteiger partial charge in [-0.2, -0.15) is 5.10 Å². The molecule has 0 spiro atoms. The van der Waals surface area contributed by atoms with Crippen molar-refractivity contribution < 1.29 is 27.5 Å². The van der Waals surface area contributed by atoms with E-state index in [9.17, 15) is 18.0 Å². The number of sulfonamides is 1. The lowest BCUT2D eigenvalue weighted by atomic mass is 10.1. The Bertz CT molecular complexity index is 1760. The summed E-state index contributed by atoms with van der Waals surface area (Å²) in [6, 6.07) is 25.9. The van der Waals surface area contributed by atoms with Gasteiger partial charge < -0.3 is 14.8 Å². The maximum absolute atomic E-state index is 13.7. The zero-order valence-corrected chi connectivity index (χ0v) is 25.1. The maximum Gasteiger partial charge on any atom is 0.264 e. The van der Waals surface area contributed by atoms with Crippen LogP contribution >= 0.6 is 11.6 Å². The molecule has 0 saturated carbocycles. The van der Waals surface area contributed by atoms with Gasteiger partial charge in [-0.3, -0.25) is 13.9 Å². The van der Waals surface area contributed by atoms with Gasteiger partial charge in [0.05, 0.1) is 30.5 Å². The lowest BCUT2D eigenvalue weighted by Gasteiger charge is -2.24. The third-order valence-corrected chi connectivity index (χ3v) is 8.25. The Hall–Kier alpha value is -4.87. The number of benzene rings is 4. The Morgan fingerprint density at radius 2 is 1.53 bits per heavy atom. The fourth-order valence-electron chi connectivity index (χ4n) is 4.05. The molecule has 0 fully saturated rings. The summed E-state index contributed by atoms with van der Waals surface area (Å²) in [7, 11) is -1.35. The van der Waals surface area contributed by atoms with Gasteiger partial charge in [0.25, 0.3) is 21.8 Å². The molecule has 4 aromatic rings. The number of carbonyl (C=O) groups excluding carboxylic acids is 2. The monoisotopic (exact) mass is 620 g/mol. The zero-order chi connectivity index (χ0) is 31.0. The summed E-state index contributed by atoms with van der Waals surface area (Å²) in [5.41, 5.74) is 4.70. The molecular weight excluding hydrogens is 592 g/mol. The Balaban J connectivity index is 1.52. The lowest BCUT2D eigenvalue weighted by Crippen LogP contribution is -2.39. The highest BCUT2D eigenvalue weighted by atomic mass is 35.5. The molecule has 10 nitrogen and oxygen atoms in total. The van der Waals surface area contributed by atoms with Crippen LogP contribution in [0, 0.1) is 0 Å². The molecular formula is C31H29ClN4O6S. The average Bonchev–Trinajstić information content (AvgIpc) is 3.02. The highest BCUT2D eigenvalue weighted by molar-refractivity contribution is 7.92. The molecule has 0 bridgehead atoms. The normalized spacial score (nSPS) is 11.4. The first-order valence-electron chi connectivity index (χ1n) is 12.9. The predicted molar refractivity (Wildman–Crippen MR) is 167 cm³/mol. The quantitative estimate of drug-likeness (QED) is 0.172. The van der Waals surface area contributed by atoms with Crippen molar-refractivity contribution in [2.75, 3.05) is 30.4 Å². The first-order chi connectivity index (χ1) is 20.6. The summed E-state index contributed by atoms with van der Waals surface area (Å²) in [4.78, 5) is 25.5. The number of nitrogens with one attached hydrogen (secondary N) is 2. The number of hydrazone groups is 1. The van der Waals surface area contributed by atoms with Crippen molar-refractivity contribution in [3.05, 3.63) is 113 Å². The number of hydrogen-bond donors (Lipinski definition) is 2. The summed E-state index contributed by atoms with van der Waals surface area (Å²) >= 11 is 5.99. The van der Waals surface area contributed by atoms with Crippen LogP contribution < -0.4 is 24.5 Å². The van der Waals surface area contributed by atoms with Crippen LogP contribution in [0.5, 0.6) is 11.5 Å². The molecule has 0 aliphatic carbocycles. The Kier molecular flexibility index (Phi) is 10.0. The van der Waals surface area contributed by atoms with Crippen molar-refractivity contribution in [2.45, 2.75) is 11.8 Å². The predicted octanol–water partition coefficient (Wildman–Crippen LogP) is 5.35. The Morgan fingerprint density at radius 3 is 2.23 bits per heavy atom. The number of carbonyl (C=O) groups is 2. The summed E-state index contributed by atoms with van der Waals surface area (Å²) in [6.07, 6.45) is 0. The van der Waals surface area contributed by atoms with E-state index >= 15 is 0 Å². The number of hydrogen-bond acceptors (Lipinski definition) is 7. The number of halogens is 1. The molecule has 12 heteroatoms. The molecule has 0 aromatic heterocycles. The molecule has 222 valence electrons. The summed E-state index contributed by atoms with van der Waals surface area (Å²) in [5, 5.41) is 7.42. The van der Waals surface area contributed by atoms with Gasteiger partial charge in [0, 0.05) is 22.3 Å². The van der Waals surface area contributed by atoms with Gasteiger partial charge in [-0.1, -0.05) is 48.0 Å². The van der Waals surface area contributed by atoms with Crippen molar-refractivity contribution in [1.82, 2.24) is 5.43 Å². The largest absolute Gasteiger partial charge is 0.493 e. The van der Waals surface area contributed by atoms with Crippen LogP contribution in [0.15, 0.2) is 107 Å². The van der Waals surface area contributed by atoms with Crippen LogP contribution in [-0.2, 0) is 14.8 Å². The fraction of sp³-hybridized carbons (Fsp3) is 0.129. The molecule has 0 aliphatic heterocycles. The molecule has 2 N–H and O–H groups in total. The number of methoxy groups -OCH3 is 2. The smallest absolute Gasteiger partial charge is 0.264 e. The van der Waals surface area contributed by atoms with Gasteiger partial charge in [-0.05, 0) is 67.1 Å². The van der Waals surface area contributed by atoms with Crippen molar-refractivity contribution in [3.63, 3.8) is 0 Å². The minimum absolute atomic E-state index is 0.0851. The maximum atomic E-state index is 13.7. The van der Waals surface area contributed by atoms with E-state index in [4.69, 9.17) is 21.1 Å². The Labute approximate surface area is 254 Å². The topological polar surface area (TPSA) is 126 Å². The van der Waals surface area contributed by atoms with Crippen LogP contribution in [0.2, 0.25) is 5.02 Å². The highest BCUT2D eigenvalue weighted by Crippen LogP contribution is 2.32. The van der Waals surface area contributed by atoms with Crippen molar-refractivity contribution >= 4 is 50.5 Å². The molecule has 4 aromatic carbocycles. The van der Waals surface area contributed by atoms with E-state index in [1.807, 2.05) is 0 Å². The molecule has 0 heterocycles. The van der Waals surface area contributed by atoms with Crippen LogP contribution in [0.25, 0.3) is 0 Å². The lowest BCUT2D eigenvalue weighted by molar-refractivity contribution is -0.119. The van der Waals surface area contributed by atoms with Crippen molar-refractivity contribution in [3.8, 4) is 11.5 Å². The van der Waals surface area contributed by atoms with Gasteiger partial charge in [-0.15, -0.1) is 0 Å². The van der Waals surface area contributed by atoms with E-state index in [2.05, 4.69) is 15.8 Å². The minimum Gasteiger partial charge on any atom is -0.493 e. The van der Waals surface area contributed by atoms with Crippen molar-refractivity contribution in [1.29, 1.82) is 0 Å². The number of anilines is 2. The highest BCUT2D eigenvalue weighted by Gasteiger charge is 2.28. The number of ether oxygens (including phenoxy) is 2. The van der Waals surface area contributed by atoms with Gasteiger partial charge in [-0.25, -0.2) is 13.8 Å². The average molecular weight is 621 g/mol. The summed E-state index contributed by atoms with van der Waals surface area (Å²) in [6.45, 7) is 1.13. The molecule has 4 rings (SSSR count). The van der Waals surface area contributed by atoms with Crippen LogP contribution in [-0.4, -0.2) is 46.7 Å². The Morgan fingerprint density at radius 1 is 0.837 bits per heavy atom. The van der Waals surface area contributed by atoms with E-state index in [1.165, 1.54) is 32.4 Å². The van der Waals surface area contributed by atoms with E-state index in [-0.39, 0.29) is 22.2 Å². The van der Waals surface area contributed by atoms with Crippen LogP contribution in [0.3, 0.4) is 0 Å². The van der Waals surface area contributed by atoms with E-state index in [0.29, 0.717) is 33.3 Å². The van der Waals surface area contributed by atoms with E-state index in [0.717, 1.165) is 4.31 Å². The second-order valence-electron chi connectivity index (χ2n) is 9.14. The summed E-state index contributed by atoms with van der Waals surface area (Å²) in [5.74, 6) is -0.410. The molecule has 0 atom stereocenters. The van der Waals surface area contributed by atoms with Gasteiger partial charge in [0.2, 0.25) is 0 Å². The first-order valence-corrected chi connectivity index (χ1v) is 14.7.